The number of benzene rings is 1. The maximum Gasteiger partial charge on any atom is 0.409 e. The van der Waals surface area contributed by atoms with Crippen LogP contribution in [0.2, 0.25) is 0 Å². The molecule has 0 unspecified atom stereocenters. The zero-order chi connectivity index (χ0) is 27.4. The molecule has 0 spiro atoms. The Kier molecular flexibility index (Phi) is 12.2. The molecule has 36 heavy (non-hydrogen) atoms. The highest BCUT2D eigenvalue weighted by Crippen LogP contribution is 2.16. The first-order chi connectivity index (χ1) is 16.7. The van der Waals surface area contributed by atoms with Gasteiger partial charge in [-0.05, 0) is 51.5 Å². The van der Waals surface area contributed by atoms with Gasteiger partial charge in [-0.25, -0.2) is 9.59 Å². The highest BCUT2D eigenvalue weighted by atomic mass is 16.6. The van der Waals surface area contributed by atoms with E-state index >= 15 is 0 Å². The van der Waals surface area contributed by atoms with Crippen LogP contribution in [0.5, 0.6) is 0 Å². The summed E-state index contributed by atoms with van der Waals surface area (Å²) in [5.74, 6) is -0.000848. The second-order valence-corrected chi connectivity index (χ2v) is 10.7. The Labute approximate surface area is 215 Å². The maximum absolute atomic E-state index is 12.9. The van der Waals surface area contributed by atoms with Gasteiger partial charge in [0, 0.05) is 26.7 Å². The van der Waals surface area contributed by atoms with Crippen molar-refractivity contribution >= 4 is 23.9 Å². The SMILES string of the molecule is CC(=N)NCCC[C@H](NC(=O)OC(C)(C)C)C(=O)NCC(C)(C)CN(C)C(=O)OCc1ccccc1. The molecule has 1 aromatic rings. The van der Waals surface area contributed by atoms with Crippen LogP contribution in [0.25, 0.3) is 0 Å². The molecule has 1 rings (SSSR count). The molecule has 0 radical (unpaired) electrons. The van der Waals surface area contributed by atoms with E-state index in [4.69, 9.17) is 14.9 Å². The molecule has 0 bridgehead atoms. The van der Waals surface area contributed by atoms with E-state index in [2.05, 4.69) is 16.0 Å². The summed E-state index contributed by atoms with van der Waals surface area (Å²) in [4.78, 5) is 39.1. The number of carbonyl (C=O) groups excluding carboxylic acids is 3. The second-order valence-electron chi connectivity index (χ2n) is 10.7. The summed E-state index contributed by atoms with van der Waals surface area (Å²) in [5.41, 5.74) is -0.239. The van der Waals surface area contributed by atoms with Crippen molar-refractivity contribution in [3.05, 3.63) is 35.9 Å². The van der Waals surface area contributed by atoms with Crippen molar-refractivity contribution in [3.8, 4) is 0 Å². The molecule has 0 saturated heterocycles. The Morgan fingerprint density at radius 1 is 1.06 bits per heavy atom. The molecule has 10 heteroatoms. The molecule has 202 valence electrons. The van der Waals surface area contributed by atoms with Crippen molar-refractivity contribution in [2.45, 2.75) is 72.6 Å². The maximum atomic E-state index is 12.9. The van der Waals surface area contributed by atoms with Crippen LogP contribution in [0.1, 0.15) is 59.9 Å². The van der Waals surface area contributed by atoms with Gasteiger partial charge in [-0.15, -0.1) is 0 Å². The third kappa shape index (κ3) is 13.6. The molecule has 0 aliphatic rings. The molecule has 4 N–H and O–H groups in total. The van der Waals surface area contributed by atoms with Crippen LogP contribution in [0, 0.1) is 10.8 Å². The smallest absolute Gasteiger partial charge is 0.409 e. The molecular weight excluding hydrogens is 462 g/mol. The fraction of sp³-hybridized carbons (Fsp3) is 0.615. The minimum absolute atomic E-state index is 0.186. The predicted octanol–water partition coefficient (Wildman–Crippen LogP) is 3.66. The molecule has 1 atom stereocenters. The van der Waals surface area contributed by atoms with Gasteiger partial charge in [0.05, 0.1) is 5.84 Å². The molecule has 0 fully saturated rings. The Bertz CT molecular complexity index is 867. The lowest BCUT2D eigenvalue weighted by molar-refractivity contribution is -0.123. The Hall–Kier alpha value is -3.30. The summed E-state index contributed by atoms with van der Waals surface area (Å²) in [6.07, 6.45) is -0.170. The van der Waals surface area contributed by atoms with Crippen LogP contribution in [0.4, 0.5) is 9.59 Å². The Morgan fingerprint density at radius 2 is 1.69 bits per heavy atom. The predicted molar refractivity (Wildman–Crippen MR) is 140 cm³/mol. The largest absolute Gasteiger partial charge is 0.445 e. The molecular formula is C26H43N5O5. The van der Waals surface area contributed by atoms with E-state index in [0.29, 0.717) is 31.8 Å². The summed E-state index contributed by atoms with van der Waals surface area (Å²) in [6, 6.07) is 8.64. The van der Waals surface area contributed by atoms with Gasteiger partial charge in [-0.3, -0.25) is 10.2 Å². The van der Waals surface area contributed by atoms with E-state index in [9.17, 15) is 14.4 Å². The quantitative estimate of drug-likeness (QED) is 0.195. The fourth-order valence-electron chi connectivity index (χ4n) is 3.34. The van der Waals surface area contributed by atoms with E-state index in [1.165, 1.54) is 4.90 Å². The Morgan fingerprint density at radius 3 is 2.28 bits per heavy atom. The molecule has 0 aliphatic carbocycles. The summed E-state index contributed by atoms with van der Waals surface area (Å²) >= 11 is 0. The van der Waals surface area contributed by atoms with Crippen LogP contribution >= 0.6 is 0 Å². The van der Waals surface area contributed by atoms with Crippen LogP contribution in [-0.4, -0.2) is 67.2 Å². The van der Waals surface area contributed by atoms with E-state index in [0.717, 1.165) is 5.56 Å². The summed E-state index contributed by atoms with van der Waals surface area (Å²) in [7, 11) is 1.65. The van der Waals surface area contributed by atoms with E-state index in [1.807, 2.05) is 44.2 Å². The molecule has 0 heterocycles. The average Bonchev–Trinajstić information content (AvgIpc) is 2.76. The van der Waals surface area contributed by atoms with Crippen molar-refractivity contribution in [3.63, 3.8) is 0 Å². The van der Waals surface area contributed by atoms with Gasteiger partial charge in [0.1, 0.15) is 18.2 Å². The average molecular weight is 506 g/mol. The number of nitrogens with one attached hydrogen (secondary N) is 4. The van der Waals surface area contributed by atoms with E-state index < -0.39 is 29.2 Å². The zero-order valence-corrected chi connectivity index (χ0v) is 22.7. The van der Waals surface area contributed by atoms with Gasteiger partial charge >= 0.3 is 12.2 Å². The van der Waals surface area contributed by atoms with Crippen molar-refractivity contribution in [1.82, 2.24) is 20.9 Å². The third-order valence-corrected chi connectivity index (χ3v) is 4.99. The van der Waals surface area contributed by atoms with Gasteiger partial charge in [-0.2, -0.15) is 0 Å². The minimum Gasteiger partial charge on any atom is -0.445 e. The number of amides is 3. The molecule has 1 aromatic carbocycles. The number of alkyl carbamates (subject to hydrolysis) is 1. The van der Waals surface area contributed by atoms with Crippen molar-refractivity contribution in [1.29, 1.82) is 5.41 Å². The number of hydrogen-bond donors (Lipinski definition) is 4. The van der Waals surface area contributed by atoms with Gasteiger partial charge < -0.3 is 30.3 Å². The highest BCUT2D eigenvalue weighted by molar-refractivity contribution is 5.85. The van der Waals surface area contributed by atoms with Gasteiger partial charge in [-0.1, -0.05) is 44.2 Å². The lowest BCUT2D eigenvalue weighted by Gasteiger charge is -2.31. The normalized spacial score (nSPS) is 12.2. The van der Waals surface area contributed by atoms with Crippen molar-refractivity contribution in [2.75, 3.05) is 26.7 Å². The molecule has 10 nitrogen and oxygen atoms in total. The third-order valence-electron chi connectivity index (χ3n) is 4.99. The minimum atomic E-state index is -0.794. The number of rotatable bonds is 12. The number of amidine groups is 1. The van der Waals surface area contributed by atoms with E-state index in [-0.39, 0.29) is 19.1 Å². The standard InChI is InChI=1S/C26H43N5O5/c1-19(27)28-15-11-14-21(30-23(33)36-25(2,3)4)22(32)29-17-26(5,6)18-31(7)24(34)35-16-20-12-9-8-10-13-20/h8-10,12-13,21H,11,14-18H2,1-7H3,(H2,27,28)(H,29,32)(H,30,33)/t21-/m0/s1. The van der Waals surface area contributed by atoms with Crippen molar-refractivity contribution in [2.24, 2.45) is 5.41 Å². The lowest BCUT2D eigenvalue weighted by Crippen LogP contribution is -2.51. The van der Waals surface area contributed by atoms with Crippen LogP contribution < -0.4 is 16.0 Å². The number of carbonyl (C=O) groups is 3. The topological polar surface area (TPSA) is 133 Å². The van der Waals surface area contributed by atoms with Crippen LogP contribution in [0.15, 0.2) is 30.3 Å². The summed E-state index contributed by atoms with van der Waals surface area (Å²) < 4.78 is 10.7. The highest BCUT2D eigenvalue weighted by Gasteiger charge is 2.28. The van der Waals surface area contributed by atoms with E-state index in [1.54, 1.807) is 34.7 Å². The monoisotopic (exact) mass is 505 g/mol. The molecule has 3 amide bonds. The first-order valence-electron chi connectivity index (χ1n) is 12.2. The zero-order valence-electron chi connectivity index (χ0n) is 22.7. The first-order valence-corrected chi connectivity index (χ1v) is 12.2. The van der Waals surface area contributed by atoms with Gasteiger partial charge in [0.15, 0.2) is 0 Å². The van der Waals surface area contributed by atoms with Crippen LogP contribution in [-0.2, 0) is 20.9 Å². The molecule has 0 saturated carbocycles. The van der Waals surface area contributed by atoms with Crippen LogP contribution in [0.3, 0.4) is 0 Å². The Balaban J connectivity index is 2.63. The number of nitrogens with zero attached hydrogens (tertiary/aromatic N) is 1. The lowest BCUT2D eigenvalue weighted by atomic mass is 9.92. The number of hydrogen-bond acceptors (Lipinski definition) is 6. The summed E-state index contributed by atoms with van der Waals surface area (Å²) in [5, 5.41) is 15.9. The number of ether oxygens (including phenoxy) is 2. The fourth-order valence-corrected chi connectivity index (χ4v) is 3.34. The summed E-state index contributed by atoms with van der Waals surface area (Å²) in [6.45, 7) is 12.1. The van der Waals surface area contributed by atoms with Gasteiger partial charge in [0.25, 0.3) is 0 Å². The second kappa shape index (κ2) is 14.3. The molecule has 0 aromatic heterocycles. The van der Waals surface area contributed by atoms with Gasteiger partial charge in [0.2, 0.25) is 5.91 Å². The van der Waals surface area contributed by atoms with Crippen molar-refractivity contribution < 1.29 is 23.9 Å². The molecule has 0 aliphatic heterocycles. The first kappa shape index (κ1) is 30.7.